The SMILES string of the molecule is Cc1cccc(OCc2ccoc2CN)c1F. The molecule has 2 N–H and O–H groups in total. The van der Waals surface area contributed by atoms with Crippen LogP contribution in [0.4, 0.5) is 4.39 Å². The van der Waals surface area contributed by atoms with Gasteiger partial charge in [-0.25, -0.2) is 4.39 Å². The maximum Gasteiger partial charge on any atom is 0.167 e. The highest BCUT2D eigenvalue weighted by atomic mass is 19.1. The average molecular weight is 235 g/mol. The molecule has 0 atom stereocenters. The predicted molar refractivity (Wildman–Crippen MR) is 62.1 cm³/mol. The lowest BCUT2D eigenvalue weighted by molar-refractivity contribution is 0.286. The fraction of sp³-hybridized carbons (Fsp3) is 0.231. The van der Waals surface area contributed by atoms with Crippen molar-refractivity contribution in [3.05, 3.63) is 53.2 Å². The van der Waals surface area contributed by atoms with E-state index in [1.807, 2.05) is 0 Å². The Morgan fingerprint density at radius 3 is 2.94 bits per heavy atom. The Morgan fingerprint density at radius 2 is 2.18 bits per heavy atom. The van der Waals surface area contributed by atoms with Crippen LogP contribution in [0.2, 0.25) is 0 Å². The molecule has 1 aromatic carbocycles. The van der Waals surface area contributed by atoms with Gasteiger partial charge in [0.1, 0.15) is 12.4 Å². The normalized spacial score (nSPS) is 10.5. The van der Waals surface area contributed by atoms with Gasteiger partial charge >= 0.3 is 0 Å². The second-order valence-corrected chi connectivity index (χ2v) is 3.75. The molecule has 1 aromatic heterocycles. The van der Waals surface area contributed by atoms with Gasteiger partial charge in [-0.2, -0.15) is 0 Å². The molecule has 0 amide bonds. The topological polar surface area (TPSA) is 48.4 Å². The van der Waals surface area contributed by atoms with E-state index in [0.29, 0.717) is 17.9 Å². The lowest BCUT2D eigenvalue weighted by Gasteiger charge is -2.08. The van der Waals surface area contributed by atoms with Gasteiger partial charge in [-0.15, -0.1) is 0 Å². The minimum atomic E-state index is -0.328. The molecule has 90 valence electrons. The molecule has 0 bridgehead atoms. The third-order valence-electron chi connectivity index (χ3n) is 2.56. The van der Waals surface area contributed by atoms with E-state index in [1.54, 1.807) is 37.5 Å². The Bertz CT molecular complexity index is 508. The molecule has 3 nitrogen and oxygen atoms in total. The van der Waals surface area contributed by atoms with Crippen LogP contribution < -0.4 is 10.5 Å². The number of halogens is 1. The second kappa shape index (κ2) is 5.01. The van der Waals surface area contributed by atoms with E-state index in [2.05, 4.69) is 0 Å². The zero-order chi connectivity index (χ0) is 12.3. The van der Waals surface area contributed by atoms with E-state index in [0.717, 1.165) is 5.56 Å². The number of aryl methyl sites for hydroxylation is 1. The lowest BCUT2D eigenvalue weighted by atomic mass is 10.2. The Hall–Kier alpha value is -1.81. The molecule has 1 heterocycles. The van der Waals surface area contributed by atoms with Gasteiger partial charge in [-0.3, -0.25) is 0 Å². The number of nitrogens with two attached hydrogens (primary N) is 1. The maximum atomic E-state index is 13.6. The molecule has 2 rings (SSSR count). The lowest BCUT2D eigenvalue weighted by Crippen LogP contribution is -2.03. The fourth-order valence-electron chi connectivity index (χ4n) is 1.56. The number of hydrogen-bond acceptors (Lipinski definition) is 3. The van der Waals surface area contributed by atoms with Gasteiger partial charge < -0.3 is 14.9 Å². The van der Waals surface area contributed by atoms with Crippen molar-refractivity contribution in [2.45, 2.75) is 20.1 Å². The third-order valence-corrected chi connectivity index (χ3v) is 2.56. The summed E-state index contributed by atoms with van der Waals surface area (Å²) in [5.74, 6) is 0.581. The van der Waals surface area contributed by atoms with Crippen LogP contribution in [0.15, 0.2) is 34.9 Å². The summed E-state index contributed by atoms with van der Waals surface area (Å²) in [6, 6.07) is 6.83. The van der Waals surface area contributed by atoms with Crippen molar-refractivity contribution < 1.29 is 13.5 Å². The summed E-state index contributed by atoms with van der Waals surface area (Å²) in [6.07, 6.45) is 1.55. The molecule has 0 radical (unpaired) electrons. The number of rotatable bonds is 4. The highest BCUT2D eigenvalue weighted by molar-refractivity contribution is 5.30. The van der Waals surface area contributed by atoms with E-state index in [1.165, 1.54) is 0 Å². The first-order chi connectivity index (χ1) is 8.22. The smallest absolute Gasteiger partial charge is 0.167 e. The molecular weight excluding hydrogens is 221 g/mol. The summed E-state index contributed by atoms with van der Waals surface area (Å²) >= 11 is 0. The molecule has 0 saturated heterocycles. The van der Waals surface area contributed by atoms with Crippen LogP contribution in [0.5, 0.6) is 5.75 Å². The first-order valence-corrected chi connectivity index (χ1v) is 5.35. The van der Waals surface area contributed by atoms with Crippen molar-refractivity contribution in [1.29, 1.82) is 0 Å². The van der Waals surface area contributed by atoms with Crippen LogP contribution in [0.3, 0.4) is 0 Å². The minimum absolute atomic E-state index is 0.245. The molecule has 2 aromatic rings. The molecule has 0 unspecified atom stereocenters. The largest absolute Gasteiger partial charge is 0.486 e. The highest BCUT2D eigenvalue weighted by Gasteiger charge is 2.09. The van der Waals surface area contributed by atoms with Crippen LogP contribution in [-0.2, 0) is 13.2 Å². The summed E-state index contributed by atoms with van der Waals surface area (Å²) in [4.78, 5) is 0. The van der Waals surface area contributed by atoms with Crippen LogP contribution in [0.25, 0.3) is 0 Å². The first-order valence-electron chi connectivity index (χ1n) is 5.35. The predicted octanol–water partition coefficient (Wildman–Crippen LogP) is 2.76. The van der Waals surface area contributed by atoms with E-state index in [9.17, 15) is 4.39 Å². The molecule has 0 aliphatic heterocycles. The quantitative estimate of drug-likeness (QED) is 0.886. The van der Waals surface area contributed by atoms with Crippen molar-refractivity contribution in [2.75, 3.05) is 0 Å². The number of furan rings is 1. The Morgan fingerprint density at radius 1 is 1.35 bits per heavy atom. The van der Waals surface area contributed by atoms with Crippen molar-refractivity contribution in [3.8, 4) is 5.75 Å². The number of benzene rings is 1. The van der Waals surface area contributed by atoms with E-state index in [4.69, 9.17) is 14.9 Å². The molecular formula is C13H14FNO2. The van der Waals surface area contributed by atoms with Crippen molar-refractivity contribution >= 4 is 0 Å². The maximum absolute atomic E-state index is 13.6. The fourth-order valence-corrected chi connectivity index (χ4v) is 1.56. The zero-order valence-electron chi connectivity index (χ0n) is 9.57. The average Bonchev–Trinajstić information content (AvgIpc) is 2.78. The van der Waals surface area contributed by atoms with Gasteiger partial charge in [0.15, 0.2) is 11.6 Å². The van der Waals surface area contributed by atoms with Crippen LogP contribution in [0, 0.1) is 12.7 Å². The van der Waals surface area contributed by atoms with Gasteiger partial charge in [-0.05, 0) is 24.6 Å². The highest BCUT2D eigenvalue weighted by Crippen LogP contribution is 2.21. The molecule has 0 fully saturated rings. The summed E-state index contributed by atoms with van der Waals surface area (Å²) in [7, 11) is 0. The molecule has 0 aliphatic rings. The Labute approximate surface area is 99.0 Å². The van der Waals surface area contributed by atoms with E-state index in [-0.39, 0.29) is 18.2 Å². The van der Waals surface area contributed by atoms with E-state index >= 15 is 0 Å². The summed E-state index contributed by atoms with van der Waals surface area (Å²) in [5, 5.41) is 0. The van der Waals surface area contributed by atoms with Crippen LogP contribution in [-0.4, -0.2) is 0 Å². The monoisotopic (exact) mass is 235 g/mol. The summed E-state index contributed by atoms with van der Waals surface area (Å²) in [5.41, 5.74) is 6.90. The summed E-state index contributed by atoms with van der Waals surface area (Å²) in [6.45, 7) is 2.26. The number of ether oxygens (including phenoxy) is 1. The first kappa shape index (κ1) is 11.7. The van der Waals surface area contributed by atoms with Gasteiger partial charge in [0.05, 0.1) is 12.8 Å². The molecule has 17 heavy (non-hydrogen) atoms. The third kappa shape index (κ3) is 2.47. The zero-order valence-corrected chi connectivity index (χ0v) is 9.57. The summed E-state index contributed by atoms with van der Waals surface area (Å²) < 4.78 is 24.2. The van der Waals surface area contributed by atoms with Crippen molar-refractivity contribution in [3.63, 3.8) is 0 Å². The molecule has 4 heteroatoms. The second-order valence-electron chi connectivity index (χ2n) is 3.75. The van der Waals surface area contributed by atoms with E-state index < -0.39 is 0 Å². The Balaban J connectivity index is 2.10. The molecule has 0 saturated carbocycles. The van der Waals surface area contributed by atoms with Crippen molar-refractivity contribution in [2.24, 2.45) is 5.73 Å². The van der Waals surface area contributed by atoms with Gasteiger partial charge in [-0.1, -0.05) is 12.1 Å². The van der Waals surface area contributed by atoms with Gasteiger partial charge in [0.25, 0.3) is 0 Å². The van der Waals surface area contributed by atoms with Crippen molar-refractivity contribution in [1.82, 2.24) is 0 Å². The van der Waals surface area contributed by atoms with Gasteiger partial charge in [0, 0.05) is 5.56 Å². The number of hydrogen-bond donors (Lipinski definition) is 1. The molecule has 0 aliphatic carbocycles. The standard InChI is InChI=1S/C13H14FNO2/c1-9-3-2-4-11(13(9)14)17-8-10-5-6-16-12(10)7-15/h2-6H,7-8,15H2,1H3. The Kier molecular flexibility index (Phi) is 3.44. The molecule has 0 spiro atoms. The van der Waals surface area contributed by atoms with Crippen LogP contribution in [0.1, 0.15) is 16.9 Å². The van der Waals surface area contributed by atoms with Gasteiger partial charge in [0.2, 0.25) is 0 Å². The van der Waals surface area contributed by atoms with Crippen LogP contribution >= 0.6 is 0 Å². The minimum Gasteiger partial charge on any atom is -0.486 e.